The Bertz CT molecular complexity index is 462. The van der Waals surface area contributed by atoms with Gasteiger partial charge in [-0.05, 0) is 6.92 Å². The van der Waals surface area contributed by atoms with Crippen LogP contribution in [0.5, 0.6) is 0 Å². The lowest BCUT2D eigenvalue weighted by molar-refractivity contribution is 0.0689. The molecule has 0 bridgehead atoms. The van der Waals surface area contributed by atoms with E-state index < -0.39 is 5.97 Å². The molecule has 2 aromatic rings. The number of carbonyl (C=O) groups is 1. The number of rotatable bonds is 2. The summed E-state index contributed by atoms with van der Waals surface area (Å²) in [4.78, 5) is 14.7. The first-order valence-electron chi connectivity index (χ1n) is 3.75. The summed E-state index contributed by atoms with van der Waals surface area (Å²) in [5, 5.41) is 18.4. The molecule has 0 fully saturated rings. The minimum Gasteiger partial charge on any atom is -0.476 e. The van der Waals surface area contributed by atoms with Crippen LogP contribution in [0.4, 0.5) is 0 Å². The second kappa shape index (κ2) is 3.18. The standard InChI is InChI=1S/C7H6N4O2S/c1-4-5(6(12)13)9-10-11(4)7-8-2-3-14-7/h2-3H,1H3,(H,12,13). The van der Waals surface area contributed by atoms with Crippen molar-refractivity contribution in [3.05, 3.63) is 23.0 Å². The first-order valence-corrected chi connectivity index (χ1v) is 4.63. The van der Waals surface area contributed by atoms with Crippen LogP contribution in [0.15, 0.2) is 11.6 Å². The zero-order chi connectivity index (χ0) is 10.1. The van der Waals surface area contributed by atoms with Crippen molar-refractivity contribution in [2.45, 2.75) is 6.92 Å². The number of hydrogen-bond acceptors (Lipinski definition) is 5. The molecule has 0 saturated heterocycles. The SMILES string of the molecule is Cc1c(C(=O)O)nnn1-c1nccs1. The molecule has 0 radical (unpaired) electrons. The Kier molecular flexibility index (Phi) is 2.01. The van der Waals surface area contributed by atoms with E-state index in [0.717, 1.165) is 0 Å². The third-order valence-corrected chi connectivity index (χ3v) is 2.44. The monoisotopic (exact) mass is 210 g/mol. The molecule has 0 amide bonds. The van der Waals surface area contributed by atoms with Gasteiger partial charge in [0.1, 0.15) is 0 Å². The Balaban J connectivity index is 2.52. The fourth-order valence-corrected chi connectivity index (χ4v) is 1.67. The maximum Gasteiger partial charge on any atom is 0.358 e. The molecule has 2 rings (SSSR count). The third-order valence-electron chi connectivity index (χ3n) is 1.70. The van der Waals surface area contributed by atoms with Gasteiger partial charge in [-0.1, -0.05) is 5.21 Å². The van der Waals surface area contributed by atoms with Crippen LogP contribution < -0.4 is 0 Å². The zero-order valence-corrected chi connectivity index (χ0v) is 8.02. The van der Waals surface area contributed by atoms with Crippen LogP contribution in [-0.2, 0) is 0 Å². The molecule has 0 aliphatic heterocycles. The van der Waals surface area contributed by atoms with Crippen molar-refractivity contribution in [3.8, 4) is 5.13 Å². The summed E-state index contributed by atoms with van der Waals surface area (Å²) in [6, 6.07) is 0. The van der Waals surface area contributed by atoms with Crippen molar-refractivity contribution >= 4 is 17.3 Å². The van der Waals surface area contributed by atoms with Crippen molar-refractivity contribution < 1.29 is 9.90 Å². The highest BCUT2D eigenvalue weighted by molar-refractivity contribution is 7.12. The lowest BCUT2D eigenvalue weighted by Crippen LogP contribution is -2.02. The van der Waals surface area contributed by atoms with E-state index in [-0.39, 0.29) is 5.69 Å². The van der Waals surface area contributed by atoms with Gasteiger partial charge in [0.25, 0.3) is 0 Å². The van der Waals surface area contributed by atoms with E-state index in [1.165, 1.54) is 16.0 Å². The number of aromatic carboxylic acids is 1. The molecular weight excluding hydrogens is 204 g/mol. The highest BCUT2D eigenvalue weighted by Crippen LogP contribution is 2.13. The van der Waals surface area contributed by atoms with E-state index in [9.17, 15) is 4.79 Å². The Morgan fingerprint density at radius 2 is 2.43 bits per heavy atom. The Morgan fingerprint density at radius 1 is 1.64 bits per heavy atom. The fraction of sp³-hybridized carbons (Fsp3) is 0.143. The predicted molar refractivity (Wildman–Crippen MR) is 48.7 cm³/mol. The first-order chi connectivity index (χ1) is 6.70. The molecule has 7 heteroatoms. The lowest BCUT2D eigenvalue weighted by Gasteiger charge is -1.95. The molecule has 72 valence electrons. The molecule has 6 nitrogen and oxygen atoms in total. The van der Waals surface area contributed by atoms with Gasteiger partial charge < -0.3 is 5.11 Å². The number of hydrogen-bond donors (Lipinski definition) is 1. The molecule has 0 aliphatic rings. The van der Waals surface area contributed by atoms with Crippen LogP contribution in [0, 0.1) is 6.92 Å². The maximum absolute atomic E-state index is 10.7. The van der Waals surface area contributed by atoms with Crippen LogP contribution in [0.2, 0.25) is 0 Å². The van der Waals surface area contributed by atoms with E-state index in [0.29, 0.717) is 10.8 Å². The van der Waals surface area contributed by atoms with Crippen LogP contribution in [-0.4, -0.2) is 31.1 Å². The summed E-state index contributed by atoms with van der Waals surface area (Å²) in [7, 11) is 0. The topological polar surface area (TPSA) is 80.9 Å². The summed E-state index contributed by atoms with van der Waals surface area (Å²) in [5.41, 5.74) is 0.438. The fourth-order valence-electron chi connectivity index (χ4n) is 1.03. The molecule has 2 aromatic heterocycles. The summed E-state index contributed by atoms with van der Waals surface area (Å²) in [6.45, 7) is 1.64. The van der Waals surface area contributed by atoms with Crippen molar-refractivity contribution in [2.24, 2.45) is 0 Å². The van der Waals surface area contributed by atoms with E-state index in [1.807, 2.05) is 0 Å². The molecule has 1 N–H and O–H groups in total. The highest BCUT2D eigenvalue weighted by atomic mass is 32.1. The molecule has 0 aliphatic carbocycles. The Hall–Kier alpha value is -1.76. The molecule has 0 saturated carbocycles. The summed E-state index contributed by atoms with van der Waals surface area (Å²) in [6.07, 6.45) is 1.63. The lowest BCUT2D eigenvalue weighted by atomic mass is 10.3. The van der Waals surface area contributed by atoms with Gasteiger partial charge in [-0.15, -0.1) is 16.4 Å². The normalized spacial score (nSPS) is 10.4. The molecule has 2 heterocycles. The Labute approximate surface area is 82.8 Å². The van der Waals surface area contributed by atoms with E-state index in [1.54, 1.807) is 18.5 Å². The molecule has 0 spiro atoms. The Morgan fingerprint density at radius 3 is 2.93 bits per heavy atom. The van der Waals surface area contributed by atoms with Gasteiger partial charge in [0.05, 0.1) is 5.69 Å². The maximum atomic E-state index is 10.7. The molecule has 14 heavy (non-hydrogen) atoms. The van der Waals surface area contributed by atoms with E-state index in [2.05, 4.69) is 15.3 Å². The summed E-state index contributed by atoms with van der Waals surface area (Å²) >= 11 is 1.37. The largest absolute Gasteiger partial charge is 0.476 e. The third kappa shape index (κ3) is 1.27. The van der Waals surface area contributed by atoms with Gasteiger partial charge in [0.15, 0.2) is 5.69 Å². The van der Waals surface area contributed by atoms with Crippen LogP contribution in [0.1, 0.15) is 16.2 Å². The molecule has 0 aromatic carbocycles. The number of carboxylic acid groups (broad SMARTS) is 1. The number of nitrogens with zero attached hydrogens (tertiary/aromatic N) is 4. The van der Waals surface area contributed by atoms with E-state index >= 15 is 0 Å². The number of thiazole rings is 1. The molecule has 0 unspecified atom stereocenters. The molecule has 0 atom stereocenters. The molecular formula is C7H6N4O2S. The summed E-state index contributed by atoms with van der Waals surface area (Å²) < 4.78 is 1.41. The smallest absolute Gasteiger partial charge is 0.358 e. The van der Waals surface area contributed by atoms with Gasteiger partial charge >= 0.3 is 5.97 Å². The average Bonchev–Trinajstić information content (AvgIpc) is 2.71. The number of aromatic nitrogens is 4. The number of carboxylic acids is 1. The quantitative estimate of drug-likeness (QED) is 0.790. The summed E-state index contributed by atoms with van der Waals surface area (Å²) in [5.74, 6) is -1.08. The van der Waals surface area contributed by atoms with Crippen LogP contribution in [0.3, 0.4) is 0 Å². The zero-order valence-electron chi connectivity index (χ0n) is 7.21. The highest BCUT2D eigenvalue weighted by Gasteiger charge is 2.16. The van der Waals surface area contributed by atoms with Crippen LogP contribution >= 0.6 is 11.3 Å². The van der Waals surface area contributed by atoms with Crippen LogP contribution in [0.25, 0.3) is 5.13 Å². The van der Waals surface area contributed by atoms with Gasteiger partial charge in [0, 0.05) is 11.6 Å². The minimum atomic E-state index is -1.08. The first kappa shape index (κ1) is 8.82. The van der Waals surface area contributed by atoms with Gasteiger partial charge in [-0.3, -0.25) is 0 Å². The van der Waals surface area contributed by atoms with Crippen molar-refractivity contribution in [2.75, 3.05) is 0 Å². The van der Waals surface area contributed by atoms with Gasteiger partial charge in [-0.25, -0.2) is 9.78 Å². The van der Waals surface area contributed by atoms with Crippen molar-refractivity contribution in [3.63, 3.8) is 0 Å². The van der Waals surface area contributed by atoms with Crippen molar-refractivity contribution in [1.29, 1.82) is 0 Å². The second-order valence-electron chi connectivity index (χ2n) is 2.56. The van der Waals surface area contributed by atoms with Gasteiger partial charge in [-0.2, -0.15) is 4.68 Å². The van der Waals surface area contributed by atoms with Crippen molar-refractivity contribution in [1.82, 2.24) is 20.0 Å². The van der Waals surface area contributed by atoms with E-state index in [4.69, 9.17) is 5.11 Å². The van der Waals surface area contributed by atoms with Gasteiger partial charge in [0.2, 0.25) is 5.13 Å². The average molecular weight is 210 g/mol. The minimum absolute atomic E-state index is 0.0415. The second-order valence-corrected chi connectivity index (χ2v) is 3.43. The predicted octanol–water partition coefficient (Wildman–Crippen LogP) is 0.730.